The third-order valence-electron chi connectivity index (χ3n) is 5.01. The minimum Gasteiger partial charge on any atom is -0.497 e. The fraction of sp³-hybridized carbons (Fsp3) is 0.160. The summed E-state index contributed by atoms with van der Waals surface area (Å²) in [7, 11) is 3.01. The second kappa shape index (κ2) is 9.75. The van der Waals surface area contributed by atoms with E-state index in [9.17, 15) is 4.79 Å². The van der Waals surface area contributed by atoms with Gasteiger partial charge in [-0.2, -0.15) is 0 Å². The molecule has 0 aliphatic rings. The molecule has 8 heteroatoms. The van der Waals surface area contributed by atoms with E-state index in [-0.39, 0.29) is 5.91 Å². The van der Waals surface area contributed by atoms with Crippen molar-refractivity contribution in [1.82, 2.24) is 9.97 Å². The van der Waals surface area contributed by atoms with E-state index in [0.717, 1.165) is 22.3 Å². The number of methoxy groups -OCH3 is 2. The zero-order valence-corrected chi connectivity index (χ0v) is 19.1. The van der Waals surface area contributed by atoms with Crippen molar-refractivity contribution >= 4 is 34.2 Å². The van der Waals surface area contributed by atoms with Crippen LogP contribution in [0.25, 0.3) is 22.3 Å². The van der Waals surface area contributed by atoms with Gasteiger partial charge in [-0.3, -0.25) is 9.78 Å². The Hall–Kier alpha value is -3.84. The van der Waals surface area contributed by atoms with Crippen molar-refractivity contribution < 1.29 is 19.0 Å². The van der Waals surface area contributed by atoms with Crippen molar-refractivity contribution in [1.29, 1.82) is 0 Å². The van der Waals surface area contributed by atoms with Crippen LogP contribution in [0.5, 0.6) is 17.2 Å². The lowest BCUT2D eigenvalue weighted by molar-refractivity contribution is -0.122. The van der Waals surface area contributed by atoms with Crippen molar-refractivity contribution in [2.45, 2.75) is 13.0 Å². The predicted molar refractivity (Wildman–Crippen MR) is 128 cm³/mol. The summed E-state index contributed by atoms with van der Waals surface area (Å²) < 4.78 is 16.3. The Bertz CT molecular complexity index is 1290. The molecule has 0 saturated carbocycles. The number of halogens is 1. The van der Waals surface area contributed by atoms with E-state index in [1.54, 1.807) is 37.4 Å². The van der Waals surface area contributed by atoms with Gasteiger partial charge in [-0.25, -0.2) is 4.98 Å². The minimum atomic E-state index is -0.779. The van der Waals surface area contributed by atoms with Crippen LogP contribution >= 0.6 is 11.6 Å². The summed E-state index contributed by atoms with van der Waals surface area (Å²) in [4.78, 5) is 21.8. The molecule has 7 nitrogen and oxygen atoms in total. The number of anilines is 1. The Labute approximate surface area is 196 Å². The monoisotopic (exact) mass is 463 g/mol. The number of hydrogen-bond acceptors (Lipinski definition) is 6. The third kappa shape index (κ3) is 4.99. The van der Waals surface area contributed by atoms with Crippen LogP contribution in [0.1, 0.15) is 6.92 Å². The molecule has 4 rings (SSSR count). The number of benzene rings is 3. The number of carbonyl (C=O) groups excluding carboxylic acids is 1. The molecular weight excluding hydrogens is 442 g/mol. The molecule has 0 aliphatic carbocycles. The summed E-state index contributed by atoms with van der Waals surface area (Å²) in [5, 5.41) is 3.06. The molecule has 3 aromatic carbocycles. The zero-order chi connectivity index (χ0) is 23.4. The third-order valence-corrected chi connectivity index (χ3v) is 5.31. The first-order chi connectivity index (χ1) is 16.0. The standard InChI is InChI=1S/C25H22ClN3O4/c1-15(25(30)29-24-19(26)12-18(31-2)13-23(24)32-3)33-17-10-8-16(9-11-17)22-14-27-20-6-4-5-7-21(20)28-22/h4-15H,1-3H3,(H,29,30). The van der Waals surface area contributed by atoms with Gasteiger partial charge in [0, 0.05) is 17.7 Å². The first kappa shape index (κ1) is 22.4. The molecule has 1 unspecified atom stereocenters. The van der Waals surface area contributed by atoms with Gasteiger partial charge >= 0.3 is 0 Å². The first-order valence-electron chi connectivity index (χ1n) is 10.2. The SMILES string of the molecule is COc1cc(Cl)c(NC(=O)C(C)Oc2ccc(-c3cnc4ccccc4n3)cc2)c(OC)c1. The van der Waals surface area contributed by atoms with E-state index in [2.05, 4.69) is 15.3 Å². The van der Waals surface area contributed by atoms with Crippen molar-refractivity contribution in [3.8, 4) is 28.5 Å². The molecule has 33 heavy (non-hydrogen) atoms. The Morgan fingerprint density at radius 2 is 1.70 bits per heavy atom. The lowest BCUT2D eigenvalue weighted by Gasteiger charge is -2.18. The smallest absolute Gasteiger partial charge is 0.265 e. The van der Waals surface area contributed by atoms with Crippen molar-refractivity contribution in [2.75, 3.05) is 19.5 Å². The number of fused-ring (bicyclic) bond motifs is 1. The molecule has 0 fully saturated rings. The Kier molecular flexibility index (Phi) is 6.60. The second-order valence-corrected chi connectivity index (χ2v) is 7.61. The molecule has 1 aromatic heterocycles. The lowest BCUT2D eigenvalue weighted by Crippen LogP contribution is -2.30. The van der Waals surface area contributed by atoms with E-state index in [1.807, 2.05) is 36.4 Å². The quantitative estimate of drug-likeness (QED) is 0.396. The zero-order valence-electron chi connectivity index (χ0n) is 18.3. The Balaban J connectivity index is 1.45. The number of ether oxygens (including phenoxy) is 3. The summed E-state index contributed by atoms with van der Waals surface area (Å²) in [6, 6.07) is 18.3. The van der Waals surface area contributed by atoms with E-state index in [4.69, 9.17) is 25.8 Å². The van der Waals surface area contributed by atoms with Crippen LogP contribution < -0.4 is 19.5 Å². The summed E-state index contributed by atoms with van der Waals surface area (Å²) in [5.74, 6) is 1.09. The van der Waals surface area contributed by atoms with Crippen molar-refractivity contribution in [3.05, 3.63) is 71.9 Å². The normalized spacial score (nSPS) is 11.6. The van der Waals surface area contributed by atoms with Crippen LogP contribution in [-0.4, -0.2) is 36.2 Å². The van der Waals surface area contributed by atoms with Gasteiger partial charge in [0.2, 0.25) is 0 Å². The van der Waals surface area contributed by atoms with Crippen LogP contribution in [0.2, 0.25) is 5.02 Å². The highest BCUT2D eigenvalue weighted by Crippen LogP contribution is 2.37. The lowest BCUT2D eigenvalue weighted by atomic mass is 10.1. The molecule has 1 heterocycles. The molecule has 1 N–H and O–H groups in total. The van der Waals surface area contributed by atoms with Crippen molar-refractivity contribution in [2.24, 2.45) is 0 Å². The van der Waals surface area contributed by atoms with E-state index >= 15 is 0 Å². The molecule has 0 aliphatic heterocycles. The maximum atomic E-state index is 12.7. The maximum absolute atomic E-state index is 12.7. The number of hydrogen-bond donors (Lipinski definition) is 1. The largest absolute Gasteiger partial charge is 0.497 e. The number of para-hydroxylation sites is 2. The highest BCUT2D eigenvalue weighted by atomic mass is 35.5. The van der Waals surface area contributed by atoms with Crippen LogP contribution in [0.15, 0.2) is 66.9 Å². The summed E-state index contributed by atoms with van der Waals surface area (Å²) in [5.41, 5.74) is 3.67. The molecular formula is C25H22ClN3O4. The number of amides is 1. The van der Waals surface area contributed by atoms with Gasteiger partial charge in [-0.05, 0) is 43.3 Å². The molecule has 0 saturated heterocycles. The van der Waals surface area contributed by atoms with E-state index < -0.39 is 6.10 Å². The highest BCUT2D eigenvalue weighted by Gasteiger charge is 2.20. The van der Waals surface area contributed by atoms with Gasteiger partial charge in [0.25, 0.3) is 5.91 Å². The van der Waals surface area contributed by atoms with Gasteiger partial charge in [0.05, 0.1) is 42.2 Å². The Morgan fingerprint density at radius 1 is 0.970 bits per heavy atom. The van der Waals surface area contributed by atoms with Crippen LogP contribution in [-0.2, 0) is 4.79 Å². The van der Waals surface area contributed by atoms with Gasteiger partial charge in [-0.1, -0.05) is 23.7 Å². The summed E-state index contributed by atoms with van der Waals surface area (Å²) in [6.07, 6.45) is 0.958. The van der Waals surface area contributed by atoms with Gasteiger partial charge in [0.1, 0.15) is 22.9 Å². The van der Waals surface area contributed by atoms with Crippen LogP contribution in [0.4, 0.5) is 5.69 Å². The van der Waals surface area contributed by atoms with Crippen molar-refractivity contribution in [3.63, 3.8) is 0 Å². The van der Waals surface area contributed by atoms with E-state index in [0.29, 0.717) is 28.0 Å². The first-order valence-corrected chi connectivity index (χ1v) is 10.6. The van der Waals surface area contributed by atoms with E-state index in [1.165, 1.54) is 14.2 Å². The van der Waals surface area contributed by atoms with Gasteiger partial charge in [0.15, 0.2) is 6.10 Å². The number of nitrogens with zero attached hydrogens (tertiary/aromatic N) is 2. The van der Waals surface area contributed by atoms with Gasteiger partial charge < -0.3 is 19.5 Å². The van der Waals surface area contributed by atoms with Gasteiger partial charge in [-0.15, -0.1) is 0 Å². The number of rotatable bonds is 7. The average molecular weight is 464 g/mol. The molecule has 4 aromatic rings. The summed E-state index contributed by atoms with van der Waals surface area (Å²) >= 11 is 6.29. The van der Waals surface area contributed by atoms with Crippen LogP contribution in [0.3, 0.4) is 0 Å². The predicted octanol–water partition coefficient (Wildman–Crippen LogP) is 5.37. The average Bonchev–Trinajstić information content (AvgIpc) is 2.85. The number of aromatic nitrogens is 2. The molecule has 0 bridgehead atoms. The minimum absolute atomic E-state index is 0.299. The molecule has 1 atom stereocenters. The maximum Gasteiger partial charge on any atom is 0.265 e. The molecule has 0 radical (unpaired) electrons. The topological polar surface area (TPSA) is 82.6 Å². The second-order valence-electron chi connectivity index (χ2n) is 7.20. The molecule has 1 amide bonds. The van der Waals surface area contributed by atoms with Crippen LogP contribution in [0, 0.1) is 0 Å². The molecule has 168 valence electrons. The number of nitrogens with one attached hydrogen (secondary N) is 1. The fourth-order valence-corrected chi connectivity index (χ4v) is 3.49. The number of carbonyl (C=O) groups is 1. The summed E-state index contributed by atoms with van der Waals surface area (Å²) in [6.45, 7) is 1.65. The highest BCUT2D eigenvalue weighted by molar-refractivity contribution is 6.34. The fourth-order valence-electron chi connectivity index (χ4n) is 3.24. The Morgan fingerprint density at radius 3 is 2.39 bits per heavy atom. The molecule has 0 spiro atoms.